The van der Waals surface area contributed by atoms with E-state index in [9.17, 15) is 4.79 Å². The second-order valence-electron chi connectivity index (χ2n) is 5.75. The van der Waals surface area contributed by atoms with E-state index in [0.29, 0.717) is 11.3 Å². The van der Waals surface area contributed by atoms with Gasteiger partial charge in [-0.3, -0.25) is 4.79 Å². The fourth-order valence-electron chi connectivity index (χ4n) is 2.40. The van der Waals surface area contributed by atoms with E-state index in [-0.39, 0.29) is 5.91 Å². The number of nitrogens with zero attached hydrogens (tertiary/aromatic N) is 1. The van der Waals surface area contributed by atoms with Crippen LogP contribution in [0.25, 0.3) is 0 Å². The first kappa shape index (κ1) is 15.7. The Morgan fingerprint density at radius 1 is 0.875 bits per heavy atom. The standard InChI is InChI=1S/C20H19N3O/c1-14-5-3-7-16(11-14)20(24)23-18-9-10-19(21-13-18)22-17-8-4-6-15(2)12-17/h3-13H,1-2H3,(H,21,22)(H,23,24). The number of pyridine rings is 1. The molecule has 0 atom stereocenters. The van der Waals surface area contributed by atoms with Crippen molar-refractivity contribution < 1.29 is 4.79 Å². The molecule has 0 aliphatic heterocycles. The molecule has 0 saturated heterocycles. The Kier molecular flexibility index (Phi) is 4.57. The van der Waals surface area contributed by atoms with Gasteiger partial charge in [0.05, 0.1) is 11.9 Å². The summed E-state index contributed by atoms with van der Waals surface area (Å²) in [6, 6.07) is 19.2. The maximum absolute atomic E-state index is 12.2. The van der Waals surface area contributed by atoms with Crippen LogP contribution in [-0.2, 0) is 0 Å². The van der Waals surface area contributed by atoms with Crippen molar-refractivity contribution in [1.29, 1.82) is 0 Å². The summed E-state index contributed by atoms with van der Waals surface area (Å²) < 4.78 is 0. The van der Waals surface area contributed by atoms with Gasteiger partial charge in [-0.15, -0.1) is 0 Å². The number of benzene rings is 2. The van der Waals surface area contributed by atoms with Crippen molar-refractivity contribution in [3.05, 3.63) is 83.6 Å². The Morgan fingerprint density at radius 2 is 1.62 bits per heavy atom. The van der Waals surface area contributed by atoms with E-state index in [0.717, 1.165) is 17.1 Å². The van der Waals surface area contributed by atoms with Crippen LogP contribution < -0.4 is 10.6 Å². The topological polar surface area (TPSA) is 54.0 Å². The Balaban J connectivity index is 1.67. The number of hydrogen-bond donors (Lipinski definition) is 2. The molecule has 0 saturated carbocycles. The highest BCUT2D eigenvalue weighted by atomic mass is 16.1. The zero-order valence-corrected chi connectivity index (χ0v) is 13.7. The summed E-state index contributed by atoms with van der Waals surface area (Å²) in [5, 5.41) is 6.10. The molecule has 0 aliphatic carbocycles. The Labute approximate surface area is 141 Å². The summed E-state index contributed by atoms with van der Waals surface area (Å²) in [6.07, 6.45) is 1.64. The van der Waals surface area contributed by atoms with E-state index in [1.165, 1.54) is 5.56 Å². The molecular formula is C20H19N3O. The van der Waals surface area contributed by atoms with E-state index in [1.807, 2.05) is 62.4 Å². The van der Waals surface area contributed by atoms with E-state index < -0.39 is 0 Å². The Bertz CT molecular complexity index is 857. The maximum atomic E-state index is 12.2. The third-order valence-corrected chi connectivity index (χ3v) is 3.59. The van der Waals surface area contributed by atoms with E-state index in [1.54, 1.807) is 12.3 Å². The van der Waals surface area contributed by atoms with Gasteiger partial charge in [0.2, 0.25) is 0 Å². The van der Waals surface area contributed by atoms with Crippen molar-refractivity contribution in [3.63, 3.8) is 0 Å². The second-order valence-corrected chi connectivity index (χ2v) is 5.75. The van der Waals surface area contributed by atoms with Gasteiger partial charge in [-0.1, -0.05) is 29.8 Å². The molecule has 4 heteroatoms. The van der Waals surface area contributed by atoms with Gasteiger partial charge in [0.25, 0.3) is 5.91 Å². The molecule has 1 aromatic heterocycles. The van der Waals surface area contributed by atoms with Gasteiger partial charge in [-0.25, -0.2) is 4.98 Å². The zero-order chi connectivity index (χ0) is 16.9. The normalized spacial score (nSPS) is 10.2. The molecule has 2 N–H and O–H groups in total. The molecule has 1 heterocycles. The van der Waals surface area contributed by atoms with Gasteiger partial charge >= 0.3 is 0 Å². The van der Waals surface area contributed by atoms with Crippen LogP contribution in [-0.4, -0.2) is 10.9 Å². The highest BCUT2D eigenvalue weighted by Crippen LogP contribution is 2.17. The van der Waals surface area contributed by atoms with Crippen LogP contribution in [0.4, 0.5) is 17.2 Å². The van der Waals surface area contributed by atoms with E-state index in [2.05, 4.69) is 21.7 Å². The Morgan fingerprint density at radius 3 is 2.29 bits per heavy atom. The van der Waals surface area contributed by atoms with E-state index >= 15 is 0 Å². The van der Waals surface area contributed by atoms with Crippen molar-refractivity contribution in [2.45, 2.75) is 13.8 Å². The first-order valence-electron chi connectivity index (χ1n) is 7.78. The fraction of sp³-hybridized carbons (Fsp3) is 0.100. The molecule has 2 aromatic carbocycles. The second kappa shape index (κ2) is 6.96. The first-order chi connectivity index (χ1) is 11.6. The van der Waals surface area contributed by atoms with Gasteiger partial charge in [0.1, 0.15) is 5.82 Å². The molecule has 0 spiro atoms. The number of rotatable bonds is 4. The number of aryl methyl sites for hydroxylation is 2. The number of hydrogen-bond acceptors (Lipinski definition) is 3. The van der Waals surface area contributed by atoms with Crippen LogP contribution >= 0.6 is 0 Å². The van der Waals surface area contributed by atoms with Crippen LogP contribution in [0.2, 0.25) is 0 Å². The molecule has 0 bridgehead atoms. The van der Waals surface area contributed by atoms with Crippen molar-refractivity contribution in [3.8, 4) is 0 Å². The molecule has 3 aromatic rings. The minimum Gasteiger partial charge on any atom is -0.340 e. The molecule has 24 heavy (non-hydrogen) atoms. The SMILES string of the molecule is Cc1cccc(Nc2ccc(NC(=O)c3cccc(C)c3)cn2)c1. The van der Waals surface area contributed by atoms with Gasteiger partial charge in [0.15, 0.2) is 0 Å². The number of carbonyl (C=O) groups is 1. The third kappa shape index (κ3) is 3.98. The average molecular weight is 317 g/mol. The lowest BCUT2D eigenvalue weighted by molar-refractivity contribution is 0.102. The highest BCUT2D eigenvalue weighted by Gasteiger charge is 2.06. The number of carbonyl (C=O) groups excluding carboxylic acids is 1. The third-order valence-electron chi connectivity index (χ3n) is 3.59. The monoisotopic (exact) mass is 317 g/mol. The smallest absolute Gasteiger partial charge is 0.255 e. The largest absolute Gasteiger partial charge is 0.340 e. The van der Waals surface area contributed by atoms with Crippen LogP contribution in [0.1, 0.15) is 21.5 Å². The lowest BCUT2D eigenvalue weighted by Gasteiger charge is -2.08. The van der Waals surface area contributed by atoms with Crippen LogP contribution in [0.3, 0.4) is 0 Å². The lowest BCUT2D eigenvalue weighted by atomic mass is 10.1. The quantitative estimate of drug-likeness (QED) is 0.733. The van der Waals surface area contributed by atoms with Crippen molar-refractivity contribution in [2.24, 2.45) is 0 Å². The summed E-state index contributed by atoms with van der Waals surface area (Å²) in [6.45, 7) is 4.01. The summed E-state index contributed by atoms with van der Waals surface area (Å²) in [7, 11) is 0. The summed E-state index contributed by atoms with van der Waals surface area (Å²) in [4.78, 5) is 16.6. The van der Waals surface area contributed by atoms with Gasteiger partial charge < -0.3 is 10.6 Å². The zero-order valence-electron chi connectivity index (χ0n) is 13.7. The summed E-state index contributed by atoms with van der Waals surface area (Å²) in [5.41, 5.74) is 4.52. The number of anilines is 3. The molecular weight excluding hydrogens is 298 g/mol. The van der Waals surface area contributed by atoms with Gasteiger partial charge in [0, 0.05) is 11.3 Å². The summed E-state index contributed by atoms with van der Waals surface area (Å²) in [5.74, 6) is 0.592. The number of nitrogens with one attached hydrogen (secondary N) is 2. The van der Waals surface area contributed by atoms with Crippen molar-refractivity contribution in [1.82, 2.24) is 4.98 Å². The Hall–Kier alpha value is -3.14. The molecule has 0 unspecified atom stereocenters. The number of aromatic nitrogens is 1. The van der Waals surface area contributed by atoms with E-state index in [4.69, 9.17) is 0 Å². The van der Waals surface area contributed by atoms with Crippen LogP contribution in [0, 0.1) is 13.8 Å². The minimum atomic E-state index is -0.139. The summed E-state index contributed by atoms with van der Waals surface area (Å²) >= 11 is 0. The molecule has 0 fully saturated rings. The van der Waals surface area contributed by atoms with Crippen molar-refractivity contribution in [2.75, 3.05) is 10.6 Å². The first-order valence-corrected chi connectivity index (χ1v) is 7.78. The minimum absolute atomic E-state index is 0.139. The molecule has 3 rings (SSSR count). The van der Waals surface area contributed by atoms with Gasteiger partial charge in [-0.05, 0) is 55.8 Å². The predicted octanol–water partition coefficient (Wildman–Crippen LogP) is 4.69. The fourth-order valence-corrected chi connectivity index (χ4v) is 2.40. The van der Waals surface area contributed by atoms with Gasteiger partial charge in [-0.2, -0.15) is 0 Å². The molecule has 4 nitrogen and oxygen atoms in total. The molecule has 1 amide bonds. The predicted molar refractivity (Wildman–Crippen MR) is 97.8 cm³/mol. The lowest BCUT2D eigenvalue weighted by Crippen LogP contribution is -2.12. The average Bonchev–Trinajstić information content (AvgIpc) is 2.57. The molecule has 120 valence electrons. The highest BCUT2D eigenvalue weighted by molar-refractivity contribution is 6.04. The molecule has 0 radical (unpaired) electrons. The maximum Gasteiger partial charge on any atom is 0.255 e. The van der Waals surface area contributed by atoms with Crippen LogP contribution in [0.5, 0.6) is 0 Å². The van der Waals surface area contributed by atoms with Crippen molar-refractivity contribution >= 4 is 23.1 Å². The van der Waals surface area contributed by atoms with Crippen LogP contribution in [0.15, 0.2) is 66.9 Å². The number of amides is 1. The molecule has 0 aliphatic rings.